The Balaban J connectivity index is 1.84. The fraction of sp³-hybridized carbons (Fsp3) is 0.414. The molecule has 40 heavy (non-hydrogen) atoms. The van der Waals surface area contributed by atoms with Gasteiger partial charge in [-0.3, -0.25) is 9.78 Å². The van der Waals surface area contributed by atoms with Gasteiger partial charge in [-0.05, 0) is 54.9 Å². The van der Waals surface area contributed by atoms with Gasteiger partial charge in [0.2, 0.25) is 0 Å². The molecule has 0 aliphatic heterocycles. The minimum absolute atomic E-state index is 0.0000507. The Kier molecular flexibility index (Phi) is 8.62. The summed E-state index contributed by atoms with van der Waals surface area (Å²) < 4.78 is 54.2. The van der Waals surface area contributed by atoms with E-state index in [1.807, 2.05) is 13.8 Å². The van der Waals surface area contributed by atoms with Gasteiger partial charge in [0.1, 0.15) is 28.7 Å². The van der Waals surface area contributed by atoms with Crippen molar-refractivity contribution >= 4 is 21.7 Å². The molecular weight excluding hydrogens is 535 g/mol. The first kappa shape index (κ1) is 29.3. The zero-order chi connectivity index (χ0) is 29.2. The maximum Gasteiger partial charge on any atom is 0.281 e. The molecule has 3 N–H and O–H groups in total. The van der Waals surface area contributed by atoms with Gasteiger partial charge in [-0.15, -0.1) is 0 Å². The number of anilines is 1. The van der Waals surface area contributed by atoms with Gasteiger partial charge in [0.25, 0.3) is 15.9 Å². The Hall–Kier alpha value is -3.73. The largest absolute Gasteiger partial charge is 0.496 e. The molecule has 0 radical (unpaired) electrons. The Morgan fingerprint density at radius 1 is 1.12 bits per heavy atom. The number of pyridine rings is 2. The number of nitrogens with one attached hydrogen (secondary N) is 1. The van der Waals surface area contributed by atoms with E-state index < -0.39 is 21.7 Å². The number of ether oxygens (including phenoxy) is 2. The van der Waals surface area contributed by atoms with Crippen LogP contribution in [0.15, 0.2) is 47.5 Å². The smallest absolute Gasteiger partial charge is 0.281 e. The highest BCUT2D eigenvalue weighted by Crippen LogP contribution is 2.46. The van der Waals surface area contributed by atoms with Crippen LogP contribution in [-0.2, 0) is 10.0 Å². The fourth-order valence-corrected chi connectivity index (χ4v) is 6.10. The number of nitrogens with two attached hydrogens (primary N) is 1. The number of hydrogen-bond donors (Lipinski definition) is 2. The quantitative estimate of drug-likeness (QED) is 0.360. The van der Waals surface area contributed by atoms with Gasteiger partial charge in [0.05, 0.1) is 25.1 Å². The molecular formula is C29H35FN4O5S. The third-order valence-electron chi connectivity index (χ3n) is 7.08. The van der Waals surface area contributed by atoms with E-state index in [-0.39, 0.29) is 45.8 Å². The Labute approximate surface area is 234 Å². The second-order valence-corrected chi connectivity index (χ2v) is 12.4. The molecule has 214 valence electrons. The van der Waals surface area contributed by atoms with Crippen LogP contribution >= 0.6 is 0 Å². The zero-order valence-corrected chi connectivity index (χ0v) is 24.1. The lowest BCUT2D eigenvalue weighted by Gasteiger charge is -2.24. The summed E-state index contributed by atoms with van der Waals surface area (Å²) in [5.41, 5.74) is 6.88. The molecule has 1 saturated carbocycles. The summed E-state index contributed by atoms with van der Waals surface area (Å²) in [5, 5.41) is -0.387. The lowest BCUT2D eigenvalue weighted by Crippen LogP contribution is -2.33. The number of sulfonamides is 1. The van der Waals surface area contributed by atoms with E-state index in [1.54, 1.807) is 6.07 Å². The van der Waals surface area contributed by atoms with E-state index in [1.165, 1.54) is 43.5 Å². The third kappa shape index (κ3) is 6.35. The van der Waals surface area contributed by atoms with Gasteiger partial charge in [0.15, 0.2) is 5.03 Å². The lowest BCUT2D eigenvalue weighted by molar-refractivity contribution is 0.0975. The molecule has 0 saturated heterocycles. The summed E-state index contributed by atoms with van der Waals surface area (Å²) in [6, 6.07) is 9.97. The number of hydrogen-bond acceptors (Lipinski definition) is 8. The molecule has 0 bridgehead atoms. The monoisotopic (exact) mass is 570 g/mol. The highest BCUT2D eigenvalue weighted by atomic mass is 32.2. The van der Waals surface area contributed by atoms with Crippen LogP contribution < -0.4 is 19.9 Å². The number of benzene rings is 1. The minimum Gasteiger partial charge on any atom is -0.496 e. The van der Waals surface area contributed by atoms with Crippen LogP contribution in [-0.4, -0.2) is 38.0 Å². The highest BCUT2D eigenvalue weighted by molar-refractivity contribution is 7.90. The molecule has 1 aliphatic carbocycles. The Morgan fingerprint density at radius 3 is 2.45 bits per heavy atom. The topological polar surface area (TPSA) is 134 Å². The number of aromatic nitrogens is 2. The second-order valence-electron chi connectivity index (χ2n) is 10.7. The van der Waals surface area contributed by atoms with Crippen molar-refractivity contribution in [1.29, 1.82) is 0 Å². The van der Waals surface area contributed by atoms with Gasteiger partial charge in [-0.1, -0.05) is 33.8 Å². The van der Waals surface area contributed by atoms with E-state index in [9.17, 15) is 17.6 Å². The molecule has 2 aromatic heterocycles. The average Bonchev–Trinajstić information content (AvgIpc) is 3.23. The van der Waals surface area contributed by atoms with E-state index in [0.29, 0.717) is 29.3 Å². The Bertz CT molecular complexity index is 1500. The molecule has 11 heteroatoms. The van der Waals surface area contributed by atoms with Crippen LogP contribution in [0, 0.1) is 23.6 Å². The van der Waals surface area contributed by atoms with Gasteiger partial charge in [0, 0.05) is 23.6 Å². The first-order valence-corrected chi connectivity index (χ1v) is 14.7. The molecule has 2 heterocycles. The maximum absolute atomic E-state index is 14.6. The van der Waals surface area contributed by atoms with Gasteiger partial charge < -0.3 is 15.2 Å². The Morgan fingerprint density at radius 2 is 1.82 bits per heavy atom. The van der Waals surface area contributed by atoms with Crippen LogP contribution in [0.3, 0.4) is 0 Å². The first-order chi connectivity index (χ1) is 18.9. The zero-order valence-electron chi connectivity index (χ0n) is 23.3. The summed E-state index contributed by atoms with van der Waals surface area (Å²) in [6.45, 7) is 8.55. The van der Waals surface area contributed by atoms with Crippen molar-refractivity contribution < 1.29 is 27.1 Å². The summed E-state index contributed by atoms with van der Waals surface area (Å²) in [6.07, 6.45) is 1.83. The summed E-state index contributed by atoms with van der Waals surface area (Å²) in [4.78, 5) is 22.3. The van der Waals surface area contributed by atoms with Gasteiger partial charge in [-0.25, -0.2) is 14.1 Å². The average molecular weight is 571 g/mol. The van der Waals surface area contributed by atoms with Crippen molar-refractivity contribution in [3.05, 3.63) is 59.5 Å². The molecule has 9 nitrogen and oxygen atoms in total. The van der Waals surface area contributed by atoms with Gasteiger partial charge >= 0.3 is 0 Å². The van der Waals surface area contributed by atoms with Crippen molar-refractivity contribution in [3.63, 3.8) is 0 Å². The van der Waals surface area contributed by atoms with Crippen LogP contribution in [0.25, 0.3) is 11.3 Å². The number of nitrogens with zero attached hydrogens (tertiary/aromatic N) is 2. The second kappa shape index (κ2) is 11.8. The minimum atomic E-state index is -4.35. The van der Waals surface area contributed by atoms with E-state index >= 15 is 0 Å². The van der Waals surface area contributed by atoms with E-state index in [2.05, 4.69) is 23.6 Å². The van der Waals surface area contributed by atoms with Crippen molar-refractivity contribution in [1.82, 2.24) is 14.7 Å². The molecule has 3 atom stereocenters. The van der Waals surface area contributed by atoms with Gasteiger partial charge in [-0.2, -0.15) is 8.42 Å². The van der Waals surface area contributed by atoms with Crippen molar-refractivity contribution in [2.75, 3.05) is 19.5 Å². The number of amides is 1. The van der Waals surface area contributed by atoms with Crippen LogP contribution in [0.1, 0.15) is 62.5 Å². The summed E-state index contributed by atoms with van der Waals surface area (Å²) in [5.74, 6) is -0.501. The molecule has 4 rings (SSSR count). The predicted octanol–water partition coefficient (Wildman–Crippen LogP) is 5.18. The normalized spacial score (nSPS) is 19.0. The van der Waals surface area contributed by atoms with Crippen molar-refractivity contribution in [2.45, 2.75) is 51.5 Å². The molecule has 3 aromatic rings. The number of nitrogen functional groups attached to an aromatic ring is 1. The summed E-state index contributed by atoms with van der Waals surface area (Å²) >= 11 is 0. The molecule has 1 unspecified atom stereocenters. The predicted molar refractivity (Wildman–Crippen MR) is 150 cm³/mol. The van der Waals surface area contributed by atoms with Crippen LogP contribution in [0.4, 0.5) is 10.2 Å². The number of halogens is 1. The molecule has 0 spiro atoms. The van der Waals surface area contributed by atoms with Crippen LogP contribution in [0.2, 0.25) is 0 Å². The molecule has 1 amide bonds. The fourth-order valence-electron chi connectivity index (χ4n) is 5.17. The standard InChI is InChI=1S/C29H35FN4O5S/c1-16(2)15-39-21-12-19(11-20(30)13-21)22-14-23(38-5)27(28(32-22)26-17(3)9-10-18(26)4)29(35)34-40(36,37)25-8-6-7-24(31)33-25/h6-8,11-14,16-18,26H,9-10,15H2,1-5H3,(H2,31,33)(H,34,35)/t17-,18+,26?. The third-order valence-corrected chi connectivity index (χ3v) is 8.31. The van der Waals surface area contributed by atoms with E-state index in [0.717, 1.165) is 12.8 Å². The van der Waals surface area contributed by atoms with Crippen molar-refractivity contribution in [2.24, 2.45) is 17.8 Å². The number of rotatable bonds is 9. The summed E-state index contributed by atoms with van der Waals surface area (Å²) in [7, 11) is -2.96. The highest BCUT2D eigenvalue weighted by Gasteiger charge is 2.38. The number of carbonyl (C=O) groups excluding carboxylic acids is 1. The molecule has 1 aromatic carbocycles. The van der Waals surface area contributed by atoms with E-state index in [4.69, 9.17) is 20.2 Å². The van der Waals surface area contributed by atoms with Crippen LogP contribution in [0.5, 0.6) is 11.5 Å². The molecule has 1 fully saturated rings. The first-order valence-electron chi connectivity index (χ1n) is 13.2. The maximum atomic E-state index is 14.6. The lowest BCUT2D eigenvalue weighted by atomic mass is 9.85. The molecule has 1 aliphatic rings. The number of methoxy groups -OCH3 is 1. The number of carbonyl (C=O) groups is 1. The SMILES string of the molecule is COc1cc(-c2cc(F)cc(OCC(C)C)c2)nc(C2[C@H](C)CC[C@@H]2C)c1C(=O)NS(=O)(=O)c1cccc(N)n1. The van der Waals surface area contributed by atoms with Crippen molar-refractivity contribution in [3.8, 4) is 22.8 Å².